The standard InChI is InChI=1S/C28H33NO3/c1-28(2,3)32-27(30)29-20-18-22-14-16-25(17-15-22)31-21-19-26(23-10-6-4-7-11-23)24-12-8-5-9-13-24/h4-17,26H,18-21H2,1-3H3,(H,29,30). The highest BCUT2D eigenvalue weighted by atomic mass is 16.6. The molecule has 0 fully saturated rings. The van der Waals surface area contributed by atoms with E-state index in [1.807, 2.05) is 57.2 Å². The quantitative estimate of drug-likeness (QED) is 0.429. The number of alkyl carbamates (subject to hydrolysis) is 1. The van der Waals surface area contributed by atoms with E-state index in [4.69, 9.17) is 9.47 Å². The van der Waals surface area contributed by atoms with Crippen LogP contribution in [0.3, 0.4) is 0 Å². The number of amides is 1. The van der Waals surface area contributed by atoms with Gasteiger partial charge in [-0.3, -0.25) is 0 Å². The predicted octanol–water partition coefficient (Wildman–Crippen LogP) is 6.35. The molecule has 0 heterocycles. The zero-order valence-electron chi connectivity index (χ0n) is 19.2. The number of carbonyl (C=O) groups is 1. The SMILES string of the molecule is CC(C)(C)OC(=O)NCCc1ccc(OCCC(c2ccccc2)c2ccccc2)cc1. The maximum atomic E-state index is 11.7. The number of ether oxygens (including phenoxy) is 2. The van der Waals surface area contributed by atoms with Gasteiger partial charge in [-0.1, -0.05) is 72.8 Å². The lowest BCUT2D eigenvalue weighted by molar-refractivity contribution is 0.0528. The largest absolute Gasteiger partial charge is 0.494 e. The van der Waals surface area contributed by atoms with Crippen LogP contribution in [-0.2, 0) is 11.2 Å². The van der Waals surface area contributed by atoms with E-state index >= 15 is 0 Å². The molecule has 0 aliphatic rings. The summed E-state index contributed by atoms with van der Waals surface area (Å²) in [7, 11) is 0. The van der Waals surface area contributed by atoms with Crippen molar-refractivity contribution in [3.05, 3.63) is 102 Å². The van der Waals surface area contributed by atoms with Crippen LogP contribution in [0, 0.1) is 0 Å². The lowest BCUT2D eigenvalue weighted by Crippen LogP contribution is -2.33. The van der Waals surface area contributed by atoms with E-state index in [0.717, 1.165) is 24.2 Å². The molecule has 32 heavy (non-hydrogen) atoms. The van der Waals surface area contributed by atoms with E-state index in [2.05, 4.69) is 53.8 Å². The Bertz CT molecular complexity index is 908. The van der Waals surface area contributed by atoms with Gasteiger partial charge in [0.25, 0.3) is 0 Å². The molecule has 0 saturated carbocycles. The van der Waals surface area contributed by atoms with Gasteiger partial charge in [0.15, 0.2) is 0 Å². The van der Waals surface area contributed by atoms with Crippen LogP contribution in [0.2, 0.25) is 0 Å². The molecule has 4 nitrogen and oxygen atoms in total. The average Bonchev–Trinajstić information content (AvgIpc) is 2.78. The van der Waals surface area contributed by atoms with Gasteiger partial charge in [-0.2, -0.15) is 0 Å². The van der Waals surface area contributed by atoms with Gasteiger partial charge in [-0.05, 0) is 62.4 Å². The van der Waals surface area contributed by atoms with Gasteiger partial charge in [0, 0.05) is 12.5 Å². The van der Waals surface area contributed by atoms with Crippen LogP contribution in [0.4, 0.5) is 4.79 Å². The topological polar surface area (TPSA) is 47.6 Å². The maximum absolute atomic E-state index is 11.7. The number of nitrogens with one attached hydrogen (secondary N) is 1. The molecule has 0 saturated heterocycles. The van der Waals surface area contributed by atoms with E-state index in [1.54, 1.807) is 0 Å². The second-order valence-electron chi connectivity index (χ2n) is 8.83. The van der Waals surface area contributed by atoms with Gasteiger partial charge in [0.1, 0.15) is 11.4 Å². The summed E-state index contributed by atoms with van der Waals surface area (Å²) >= 11 is 0. The van der Waals surface area contributed by atoms with E-state index < -0.39 is 5.60 Å². The highest BCUT2D eigenvalue weighted by Gasteiger charge is 2.16. The van der Waals surface area contributed by atoms with Crippen molar-refractivity contribution in [1.82, 2.24) is 5.32 Å². The minimum Gasteiger partial charge on any atom is -0.494 e. The van der Waals surface area contributed by atoms with Crippen molar-refractivity contribution in [2.24, 2.45) is 0 Å². The molecule has 0 bridgehead atoms. The van der Waals surface area contributed by atoms with Crippen molar-refractivity contribution in [1.29, 1.82) is 0 Å². The molecule has 1 amide bonds. The van der Waals surface area contributed by atoms with Gasteiger partial charge in [0.2, 0.25) is 0 Å². The first kappa shape index (κ1) is 23.4. The summed E-state index contributed by atoms with van der Waals surface area (Å²) in [5, 5.41) is 2.79. The number of hydrogen-bond acceptors (Lipinski definition) is 3. The van der Waals surface area contributed by atoms with E-state index in [0.29, 0.717) is 19.1 Å². The molecule has 0 radical (unpaired) electrons. The van der Waals surface area contributed by atoms with Crippen LogP contribution in [0.1, 0.15) is 49.8 Å². The molecular formula is C28H33NO3. The number of hydrogen-bond donors (Lipinski definition) is 1. The van der Waals surface area contributed by atoms with Crippen molar-refractivity contribution in [2.75, 3.05) is 13.2 Å². The third-order valence-electron chi connectivity index (χ3n) is 5.08. The summed E-state index contributed by atoms with van der Waals surface area (Å²) in [5.74, 6) is 1.16. The number of benzene rings is 3. The zero-order chi connectivity index (χ0) is 22.8. The molecule has 168 valence electrons. The molecule has 4 heteroatoms. The lowest BCUT2D eigenvalue weighted by Gasteiger charge is -2.19. The lowest BCUT2D eigenvalue weighted by atomic mass is 9.89. The molecule has 3 aromatic rings. The van der Waals surface area contributed by atoms with Crippen molar-refractivity contribution >= 4 is 6.09 Å². The summed E-state index contributed by atoms with van der Waals surface area (Å²) in [6.45, 7) is 6.73. The highest BCUT2D eigenvalue weighted by Crippen LogP contribution is 2.28. The Labute approximate surface area is 191 Å². The van der Waals surface area contributed by atoms with Crippen LogP contribution in [0.5, 0.6) is 5.75 Å². The number of rotatable bonds is 9. The van der Waals surface area contributed by atoms with Gasteiger partial charge >= 0.3 is 6.09 Å². The second-order valence-corrected chi connectivity index (χ2v) is 8.83. The first-order valence-corrected chi connectivity index (χ1v) is 11.2. The van der Waals surface area contributed by atoms with Crippen LogP contribution < -0.4 is 10.1 Å². The minimum atomic E-state index is -0.483. The molecule has 0 aromatic heterocycles. The fourth-order valence-electron chi connectivity index (χ4n) is 3.57. The van der Waals surface area contributed by atoms with Gasteiger partial charge < -0.3 is 14.8 Å². The van der Waals surface area contributed by atoms with E-state index in [1.165, 1.54) is 11.1 Å². The summed E-state index contributed by atoms with van der Waals surface area (Å²) in [6, 6.07) is 29.2. The van der Waals surface area contributed by atoms with Gasteiger partial charge in [-0.15, -0.1) is 0 Å². The summed E-state index contributed by atoms with van der Waals surface area (Å²) in [4.78, 5) is 11.7. The second kappa shape index (κ2) is 11.4. The van der Waals surface area contributed by atoms with Gasteiger partial charge in [-0.25, -0.2) is 4.79 Å². The molecule has 3 rings (SSSR count). The van der Waals surface area contributed by atoms with Crippen LogP contribution in [0.15, 0.2) is 84.9 Å². The minimum absolute atomic E-state index is 0.301. The monoisotopic (exact) mass is 431 g/mol. The molecule has 0 atom stereocenters. The van der Waals surface area contributed by atoms with Crippen LogP contribution >= 0.6 is 0 Å². The van der Waals surface area contributed by atoms with Gasteiger partial charge in [0.05, 0.1) is 6.61 Å². The fraction of sp³-hybridized carbons (Fsp3) is 0.321. The first-order valence-electron chi connectivity index (χ1n) is 11.2. The molecule has 0 spiro atoms. The number of carbonyl (C=O) groups excluding carboxylic acids is 1. The molecule has 3 aromatic carbocycles. The normalized spacial score (nSPS) is 11.2. The fourth-order valence-corrected chi connectivity index (χ4v) is 3.57. The third kappa shape index (κ3) is 7.77. The average molecular weight is 432 g/mol. The Kier molecular flexibility index (Phi) is 8.32. The Hall–Kier alpha value is -3.27. The predicted molar refractivity (Wildman–Crippen MR) is 129 cm³/mol. The van der Waals surface area contributed by atoms with E-state index in [9.17, 15) is 4.79 Å². The zero-order valence-corrected chi connectivity index (χ0v) is 19.2. The summed E-state index contributed by atoms with van der Waals surface area (Å²) in [5.41, 5.74) is 3.26. The van der Waals surface area contributed by atoms with Crippen LogP contribution in [-0.4, -0.2) is 24.8 Å². The smallest absolute Gasteiger partial charge is 0.407 e. The van der Waals surface area contributed by atoms with Crippen molar-refractivity contribution in [3.8, 4) is 5.75 Å². The van der Waals surface area contributed by atoms with Crippen molar-refractivity contribution < 1.29 is 14.3 Å². The molecule has 0 aliphatic carbocycles. The highest BCUT2D eigenvalue weighted by molar-refractivity contribution is 5.67. The Morgan fingerprint density at radius 1 is 0.844 bits per heavy atom. The Balaban J connectivity index is 1.48. The Morgan fingerprint density at radius 2 is 1.41 bits per heavy atom. The summed E-state index contributed by atoms with van der Waals surface area (Å²) < 4.78 is 11.3. The third-order valence-corrected chi connectivity index (χ3v) is 5.08. The molecule has 1 N–H and O–H groups in total. The Morgan fingerprint density at radius 3 is 1.94 bits per heavy atom. The van der Waals surface area contributed by atoms with E-state index in [-0.39, 0.29) is 6.09 Å². The summed E-state index contributed by atoms with van der Waals surface area (Å²) in [6.07, 6.45) is 1.25. The molecule has 0 aliphatic heterocycles. The molecular weight excluding hydrogens is 398 g/mol. The van der Waals surface area contributed by atoms with Crippen LogP contribution in [0.25, 0.3) is 0 Å². The maximum Gasteiger partial charge on any atom is 0.407 e. The molecule has 0 unspecified atom stereocenters. The van der Waals surface area contributed by atoms with Crippen molar-refractivity contribution in [3.63, 3.8) is 0 Å². The van der Waals surface area contributed by atoms with Crippen molar-refractivity contribution in [2.45, 2.75) is 45.1 Å². The first-order chi connectivity index (χ1) is 15.4.